The first-order chi connectivity index (χ1) is 8.86. The number of nitrogens with zero attached hydrogens (tertiary/aromatic N) is 1. The third-order valence-electron chi connectivity index (χ3n) is 3.95. The fraction of sp³-hybridized carbons (Fsp3) is 0.533. The van der Waals surface area contributed by atoms with Crippen LogP contribution < -0.4 is 4.90 Å². The van der Waals surface area contributed by atoms with Crippen LogP contribution in [0.4, 0.5) is 5.69 Å². The maximum absolute atomic E-state index is 12.1. The SMILES string of the molecule is O=C1CCCN(C2CCOCC2)c2ccccc21. The van der Waals surface area contributed by atoms with Crippen molar-refractivity contribution in [1.82, 2.24) is 0 Å². The highest BCUT2D eigenvalue weighted by molar-refractivity contribution is 6.02. The van der Waals surface area contributed by atoms with Gasteiger partial charge in [-0.2, -0.15) is 0 Å². The Labute approximate surface area is 108 Å². The van der Waals surface area contributed by atoms with Crippen LogP contribution in [0.1, 0.15) is 36.0 Å². The second kappa shape index (κ2) is 5.11. The maximum Gasteiger partial charge on any atom is 0.165 e. The number of benzene rings is 1. The van der Waals surface area contributed by atoms with Crippen LogP contribution in [0.15, 0.2) is 24.3 Å². The van der Waals surface area contributed by atoms with Crippen LogP contribution in [-0.4, -0.2) is 31.6 Å². The topological polar surface area (TPSA) is 29.5 Å². The summed E-state index contributed by atoms with van der Waals surface area (Å²) in [5, 5.41) is 0. The molecule has 0 aromatic heterocycles. The Balaban J connectivity index is 1.94. The number of rotatable bonds is 1. The van der Waals surface area contributed by atoms with Crippen molar-refractivity contribution in [2.75, 3.05) is 24.7 Å². The van der Waals surface area contributed by atoms with Gasteiger partial charge < -0.3 is 9.64 Å². The number of hydrogen-bond acceptors (Lipinski definition) is 3. The molecule has 0 amide bonds. The summed E-state index contributed by atoms with van der Waals surface area (Å²) in [6, 6.07) is 8.59. The second-order valence-corrected chi connectivity index (χ2v) is 5.08. The van der Waals surface area contributed by atoms with Crippen molar-refractivity contribution in [3.63, 3.8) is 0 Å². The summed E-state index contributed by atoms with van der Waals surface area (Å²) < 4.78 is 5.44. The van der Waals surface area contributed by atoms with E-state index < -0.39 is 0 Å². The molecule has 1 fully saturated rings. The summed E-state index contributed by atoms with van der Waals surface area (Å²) in [5.74, 6) is 0.292. The van der Waals surface area contributed by atoms with Gasteiger partial charge >= 0.3 is 0 Å². The Bertz CT molecular complexity index is 438. The van der Waals surface area contributed by atoms with Gasteiger partial charge in [-0.25, -0.2) is 0 Å². The minimum Gasteiger partial charge on any atom is -0.381 e. The Morgan fingerprint density at radius 3 is 2.78 bits per heavy atom. The zero-order valence-electron chi connectivity index (χ0n) is 10.6. The number of anilines is 1. The molecule has 18 heavy (non-hydrogen) atoms. The molecule has 0 bridgehead atoms. The number of Topliss-reactive ketones (excluding diaryl/α,β-unsaturated/α-hetero) is 1. The van der Waals surface area contributed by atoms with Gasteiger partial charge in [0, 0.05) is 43.5 Å². The number of ketones is 1. The first-order valence-corrected chi connectivity index (χ1v) is 6.83. The smallest absolute Gasteiger partial charge is 0.165 e. The molecule has 0 spiro atoms. The average Bonchev–Trinajstić information content (AvgIpc) is 2.60. The van der Waals surface area contributed by atoms with Crippen LogP contribution >= 0.6 is 0 Å². The molecule has 0 radical (unpaired) electrons. The molecule has 2 aliphatic heterocycles. The summed E-state index contributed by atoms with van der Waals surface area (Å²) in [4.78, 5) is 14.5. The van der Waals surface area contributed by atoms with Crippen LogP contribution in [0.2, 0.25) is 0 Å². The van der Waals surface area contributed by atoms with Crippen molar-refractivity contribution < 1.29 is 9.53 Å². The second-order valence-electron chi connectivity index (χ2n) is 5.08. The van der Waals surface area contributed by atoms with Gasteiger partial charge in [-0.1, -0.05) is 12.1 Å². The standard InChI is InChI=1S/C15H19NO2/c17-15-6-3-9-16(12-7-10-18-11-8-12)14-5-2-1-4-13(14)15/h1-2,4-5,12H,3,6-11H2. The minimum absolute atomic E-state index is 0.292. The molecule has 0 atom stereocenters. The van der Waals surface area contributed by atoms with E-state index in [4.69, 9.17) is 4.74 Å². The van der Waals surface area contributed by atoms with E-state index in [0.717, 1.165) is 50.3 Å². The summed E-state index contributed by atoms with van der Waals surface area (Å²) in [5.41, 5.74) is 2.04. The molecule has 3 nitrogen and oxygen atoms in total. The third kappa shape index (κ3) is 2.15. The fourth-order valence-electron chi connectivity index (χ4n) is 3.00. The van der Waals surface area contributed by atoms with Crippen molar-refractivity contribution in [2.45, 2.75) is 31.7 Å². The lowest BCUT2D eigenvalue weighted by Gasteiger charge is -2.36. The lowest BCUT2D eigenvalue weighted by atomic mass is 10.0. The van der Waals surface area contributed by atoms with Crippen LogP contribution in [0.25, 0.3) is 0 Å². The van der Waals surface area contributed by atoms with Gasteiger partial charge in [-0.05, 0) is 31.4 Å². The van der Waals surface area contributed by atoms with Crippen molar-refractivity contribution in [3.8, 4) is 0 Å². The summed E-state index contributed by atoms with van der Waals surface area (Å²) >= 11 is 0. The van der Waals surface area contributed by atoms with Gasteiger partial charge in [0.25, 0.3) is 0 Å². The highest BCUT2D eigenvalue weighted by Gasteiger charge is 2.27. The van der Waals surface area contributed by atoms with E-state index in [1.165, 1.54) is 0 Å². The van der Waals surface area contributed by atoms with Gasteiger partial charge in [0.2, 0.25) is 0 Å². The predicted octanol–water partition coefficient (Wildman–Crippen LogP) is 2.65. The van der Waals surface area contributed by atoms with E-state index in [9.17, 15) is 4.79 Å². The number of hydrogen-bond donors (Lipinski definition) is 0. The Morgan fingerprint density at radius 1 is 1.17 bits per heavy atom. The van der Waals surface area contributed by atoms with Crippen molar-refractivity contribution in [2.24, 2.45) is 0 Å². The molecule has 2 aliphatic rings. The number of carbonyl (C=O) groups excluding carboxylic acids is 1. The highest BCUT2D eigenvalue weighted by Crippen LogP contribution is 2.30. The normalized spacial score (nSPS) is 21.6. The quantitative estimate of drug-likeness (QED) is 0.761. The molecule has 3 rings (SSSR count). The zero-order chi connectivity index (χ0) is 12.4. The van der Waals surface area contributed by atoms with Gasteiger partial charge in [0.1, 0.15) is 0 Å². The van der Waals surface area contributed by atoms with Crippen molar-refractivity contribution >= 4 is 11.5 Å². The largest absolute Gasteiger partial charge is 0.381 e. The Morgan fingerprint density at radius 2 is 1.94 bits per heavy atom. The molecule has 1 aromatic carbocycles. The number of fused-ring (bicyclic) bond motifs is 1. The molecular formula is C15H19NO2. The zero-order valence-corrected chi connectivity index (χ0v) is 10.6. The highest BCUT2D eigenvalue weighted by atomic mass is 16.5. The van der Waals surface area contributed by atoms with Crippen molar-refractivity contribution in [3.05, 3.63) is 29.8 Å². The van der Waals surface area contributed by atoms with Gasteiger partial charge in [0.05, 0.1) is 0 Å². The van der Waals surface area contributed by atoms with E-state index >= 15 is 0 Å². The average molecular weight is 245 g/mol. The van der Waals surface area contributed by atoms with Crippen LogP contribution in [0.5, 0.6) is 0 Å². The molecular weight excluding hydrogens is 226 g/mol. The lowest BCUT2D eigenvalue weighted by molar-refractivity contribution is 0.0844. The van der Waals surface area contributed by atoms with Crippen LogP contribution in [0.3, 0.4) is 0 Å². The molecule has 1 aromatic rings. The molecule has 3 heteroatoms. The van der Waals surface area contributed by atoms with Crippen LogP contribution in [-0.2, 0) is 4.74 Å². The minimum atomic E-state index is 0.292. The maximum atomic E-state index is 12.1. The van der Waals surface area contributed by atoms with Crippen LogP contribution in [0, 0.1) is 0 Å². The van der Waals surface area contributed by atoms with Crippen molar-refractivity contribution in [1.29, 1.82) is 0 Å². The Hall–Kier alpha value is -1.35. The van der Waals surface area contributed by atoms with Gasteiger partial charge in [-0.3, -0.25) is 4.79 Å². The third-order valence-corrected chi connectivity index (χ3v) is 3.95. The Kier molecular flexibility index (Phi) is 3.33. The van der Waals surface area contributed by atoms with E-state index in [1.54, 1.807) is 0 Å². The molecule has 0 unspecified atom stereocenters. The summed E-state index contributed by atoms with van der Waals surface area (Å²) in [7, 11) is 0. The molecule has 0 N–H and O–H groups in total. The molecule has 0 aliphatic carbocycles. The van der Waals surface area contributed by atoms with E-state index in [0.29, 0.717) is 18.2 Å². The fourth-order valence-corrected chi connectivity index (χ4v) is 3.00. The summed E-state index contributed by atoms with van der Waals surface area (Å²) in [6.45, 7) is 2.68. The van der Waals surface area contributed by atoms with Gasteiger partial charge in [0.15, 0.2) is 5.78 Å². The first kappa shape index (κ1) is 11.7. The molecule has 1 saturated heterocycles. The van der Waals surface area contributed by atoms with E-state index in [2.05, 4.69) is 11.0 Å². The van der Waals surface area contributed by atoms with E-state index in [-0.39, 0.29) is 0 Å². The van der Waals surface area contributed by atoms with E-state index in [1.807, 2.05) is 18.2 Å². The number of para-hydroxylation sites is 1. The first-order valence-electron chi connectivity index (χ1n) is 6.83. The number of ether oxygens (including phenoxy) is 1. The number of carbonyl (C=O) groups is 1. The molecule has 96 valence electrons. The van der Waals surface area contributed by atoms with Gasteiger partial charge in [-0.15, -0.1) is 0 Å². The molecule has 0 saturated carbocycles. The molecule has 2 heterocycles. The summed E-state index contributed by atoms with van der Waals surface area (Å²) in [6.07, 6.45) is 3.78. The predicted molar refractivity (Wildman–Crippen MR) is 71.2 cm³/mol. The monoisotopic (exact) mass is 245 g/mol. The lowest BCUT2D eigenvalue weighted by Crippen LogP contribution is -2.40.